The Balaban J connectivity index is 1.87. The zero-order valence-electron chi connectivity index (χ0n) is 26.6. The molecular formula is C36H39Cl2N3O4S. The Morgan fingerprint density at radius 1 is 0.804 bits per heavy atom. The molecule has 46 heavy (non-hydrogen) atoms. The van der Waals surface area contributed by atoms with E-state index in [1.165, 1.54) is 17.0 Å². The van der Waals surface area contributed by atoms with E-state index in [4.69, 9.17) is 23.2 Å². The quantitative estimate of drug-likeness (QED) is 0.171. The summed E-state index contributed by atoms with van der Waals surface area (Å²) < 4.78 is 29.7. The molecule has 0 bridgehead atoms. The van der Waals surface area contributed by atoms with Crippen molar-refractivity contribution < 1.29 is 18.0 Å². The molecule has 2 amide bonds. The number of carbonyl (C=O) groups is 2. The lowest BCUT2D eigenvalue weighted by Gasteiger charge is -2.35. The first-order valence-electron chi connectivity index (χ1n) is 15.0. The maximum Gasteiger partial charge on any atom is 0.264 e. The third-order valence-corrected chi connectivity index (χ3v) is 10.1. The predicted molar refractivity (Wildman–Crippen MR) is 186 cm³/mol. The summed E-state index contributed by atoms with van der Waals surface area (Å²) in [5.41, 5.74) is 4.05. The van der Waals surface area contributed by atoms with Crippen LogP contribution in [0.4, 0.5) is 5.69 Å². The highest BCUT2D eigenvalue weighted by Gasteiger charge is 2.35. The molecule has 1 atom stereocenters. The van der Waals surface area contributed by atoms with Crippen molar-refractivity contribution in [1.82, 2.24) is 10.2 Å². The highest BCUT2D eigenvalue weighted by Crippen LogP contribution is 2.31. The van der Waals surface area contributed by atoms with E-state index in [0.717, 1.165) is 21.0 Å². The number of hydrogen-bond donors (Lipinski definition) is 1. The summed E-state index contributed by atoms with van der Waals surface area (Å²) in [5, 5.41) is 3.60. The third-order valence-electron chi connectivity index (χ3n) is 7.61. The van der Waals surface area contributed by atoms with Crippen molar-refractivity contribution in [1.29, 1.82) is 0 Å². The van der Waals surface area contributed by atoms with Crippen molar-refractivity contribution in [3.8, 4) is 0 Å². The van der Waals surface area contributed by atoms with Crippen LogP contribution in [0, 0.1) is 20.8 Å². The first kappa shape index (κ1) is 35.0. The number of nitrogens with zero attached hydrogens (tertiary/aromatic N) is 2. The maximum atomic E-state index is 14.7. The number of benzene rings is 4. The molecule has 0 saturated carbocycles. The number of rotatable bonds is 12. The molecule has 0 heterocycles. The van der Waals surface area contributed by atoms with Crippen LogP contribution in [0.3, 0.4) is 0 Å². The van der Waals surface area contributed by atoms with Crippen molar-refractivity contribution in [2.24, 2.45) is 0 Å². The summed E-state index contributed by atoms with van der Waals surface area (Å²) in [6.45, 7) is 8.52. The topological polar surface area (TPSA) is 86.8 Å². The Kier molecular flexibility index (Phi) is 11.5. The second-order valence-electron chi connectivity index (χ2n) is 11.7. The molecule has 7 nitrogen and oxygen atoms in total. The van der Waals surface area contributed by atoms with Gasteiger partial charge in [0.15, 0.2) is 0 Å². The van der Waals surface area contributed by atoms with E-state index in [9.17, 15) is 18.0 Å². The van der Waals surface area contributed by atoms with Crippen LogP contribution in [-0.2, 0) is 32.6 Å². The lowest BCUT2D eigenvalue weighted by atomic mass is 10.0. The van der Waals surface area contributed by atoms with Crippen LogP contribution in [0.25, 0.3) is 0 Å². The van der Waals surface area contributed by atoms with E-state index in [0.29, 0.717) is 26.9 Å². The van der Waals surface area contributed by atoms with Gasteiger partial charge in [0, 0.05) is 34.6 Å². The number of halogens is 2. The van der Waals surface area contributed by atoms with Crippen LogP contribution in [0.15, 0.2) is 95.9 Å². The second-order valence-corrected chi connectivity index (χ2v) is 14.4. The molecule has 0 radical (unpaired) electrons. The van der Waals surface area contributed by atoms with Gasteiger partial charge in [-0.15, -0.1) is 0 Å². The van der Waals surface area contributed by atoms with Crippen LogP contribution in [-0.4, -0.2) is 43.8 Å². The van der Waals surface area contributed by atoms with E-state index < -0.39 is 28.5 Å². The van der Waals surface area contributed by atoms with Crippen LogP contribution in [0.1, 0.15) is 41.7 Å². The average Bonchev–Trinajstić information content (AvgIpc) is 3.00. The minimum Gasteiger partial charge on any atom is -0.352 e. The number of hydrogen-bond acceptors (Lipinski definition) is 4. The van der Waals surface area contributed by atoms with Crippen LogP contribution >= 0.6 is 23.2 Å². The fraction of sp³-hybridized carbons (Fsp3) is 0.278. The maximum absolute atomic E-state index is 14.7. The van der Waals surface area contributed by atoms with Gasteiger partial charge >= 0.3 is 0 Å². The summed E-state index contributed by atoms with van der Waals surface area (Å²) in [7, 11) is -4.22. The van der Waals surface area contributed by atoms with Crippen molar-refractivity contribution in [2.75, 3.05) is 10.8 Å². The van der Waals surface area contributed by atoms with Crippen LogP contribution < -0.4 is 9.62 Å². The Hall–Kier alpha value is -3.85. The van der Waals surface area contributed by atoms with Gasteiger partial charge in [-0.05, 0) is 81.6 Å². The van der Waals surface area contributed by atoms with Gasteiger partial charge in [-0.2, -0.15) is 0 Å². The molecule has 0 fully saturated rings. The van der Waals surface area contributed by atoms with Crippen molar-refractivity contribution >= 4 is 50.7 Å². The zero-order valence-corrected chi connectivity index (χ0v) is 29.0. The Morgan fingerprint density at radius 2 is 1.41 bits per heavy atom. The highest BCUT2D eigenvalue weighted by atomic mass is 35.5. The van der Waals surface area contributed by atoms with Gasteiger partial charge in [0.05, 0.1) is 10.6 Å². The van der Waals surface area contributed by atoms with Crippen molar-refractivity contribution in [3.05, 3.63) is 129 Å². The third kappa shape index (κ3) is 8.49. The first-order chi connectivity index (χ1) is 21.8. The summed E-state index contributed by atoms with van der Waals surface area (Å²) in [5.74, 6) is -0.970. The lowest BCUT2D eigenvalue weighted by molar-refractivity contribution is -0.140. The monoisotopic (exact) mass is 679 g/mol. The molecule has 0 aliphatic rings. The van der Waals surface area contributed by atoms with E-state index in [-0.39, 0.29) is 29.8 Å². The molecule has 1 unspecified atom stereocenters. The summed E-state index contributed by atoms with van der Waals surface area (Å²) in [6, 6.07) is 25.1. The largest absolute Gasteiger partial charge is 0.352 e. The molecule has 0 aliphatic heterocycles. The average molecular weight is 681 g/mol. The fourth-order valence-corrected chi connectivity index (χ4v) is 7.11. The predicted octanol–water partition coefficient (Wildman–Crippen LogP) is 7.28. The normalized spacial score (nSPS) is 12.1. The van der Waals surface area contributed by atoms with Gasteiger partial charge in [0.2, 0.25) is 11.8 Å². The number of carbonyl (C=O) groups excluding carboxylic acids is 2. The molecule has 10 heteroatoms. The molecule has 0 aliphatic carbocycles. The van der Waals surface area contributed by atoms with E-state index in [1.807, 2.05) is 70.2 Å². The van der Waals surface area contributed by atoms with Crippen molar-refractivity contribution in [3.63, 3.8) is 0 Å². The van der Waals surface area contributed by atoms with E-state index in [1.54, 1.807) is 43.3 Å². The molecule has 242 valence electrons. The molecule has 4 aromatic carbocycles. The summed E-state index contributed by atoms with van der Waals surface area (Å²) in [6.07, 6.45) is 0.182. The number of anilines is 1. The van der Waals surface area contributed by atoms with Crippen LogP contribution in [0.2, 0.25) is 10.0 Å². The van der Waals surface area contributed by atoms with Crippen molar-refractivity contribution in [2.45, 2.75) is 64.6 Å². The molecule has 0 spiro atoms. The number of sulfonamides is 1. The summed E-state index contributed by atoms with van der Waals surface area (Å²) in [4.78, 5) is 30.0. The molecule has 0 aromatic heterocycles. The van der Waals surface area contributed by atoms with Gasteiger partial charge in [0.1, 0.15) is 12.6 Å². The number of aryl methyl sites for hydroxylation is 3. The first-order valence-corrected chi connectivity index (χ1v) is 17.2. The fourth-order valence-electron chi connectivity index (χ4n) is 5.13. The molecule has 1 N–H and O–H groups in total. The Bertz CT molecular complexity index is 1780. The zero-order chi connectivity index (χ0) is 33.6. The number of amides is 2. The van der Waals surface area contributed by atoms with Gasteiger partial charge in [0.25, 0.3) is 10.0 Å². The highest BCUT2D eigenvalue weighted by molar-refractivity contribution is 7.92. The SMILES string of the molecule is Cc1ccc(S(=O)(=O)N(CC(=O)N(Cc2c(Cl)cccc2Cl)C(Cc2ccccc2)C(=O)NC(C)C)c2cc(C)ccc2C)cc1. The van der Waals surface area contributed by atoms with E-state index >= 15 is 0 Å². The lowest BCUT2D eigenvalue weighted by Crippen LogP contribution is -2.54. The van der Waals surface area contributed by atoms with Gasteiger partial charge in [-0.3, -0.25) is 13.9 Å². The molecule has 0 saturated heterocycles. The molecule has 4 rings (SSSR count). The van der Waals surface area contributed by atoms with Gasteiger partial charge in [-0.1, -0.05) is 89.4 Å². The molecular weight excluding hydrogens is 641 g/mol. The van der Waals surface area contributed by atoms with Crippen LogP contribution in [0.5, 0.6) is 0 Å². The minimum atomic E-state index is -4.22. The number of nitrogens with one attached hydrogen (secondary N) is 1. The smallest absolute Gasteiger partial charge is 0.264 e. The Labute approximate surface area is 282 Å². The van der Waals surface area contributed by atoms with Gasteiger partial charge < -0.3 is 10.2 Å². The second kappa shape index (κ2) is 15.2. The Morgan fingerprint density at radius 3 is 2.02 bits per heavy atom. The molecule has 4 aromatic rings. The standard InChI is InChI=1S/C36H39Cl2N3O4S/c1-24(2)39-36(43)34(21-28-10-7-6-8-11-28)40(22-30-31(37)12-9-13-32(30)38)35(42)23-41(33-20-26(4)14-17-27(33)5)46(44,45)29-18-15-25(3)16-19-29/h6-20,24,34H,21-23H2,1-5H3,(H,39,43). The van der Waals surface area contributed by atoms with E-state index in [2.05, 4.69) is 5.32 Å². The summed E-state index contributed by atoms with van der Waals surface area (Å²) >= 11 is 13.2. The van der Waals surface area contributed by atoms with Gasteiger partial charge in [-0.25, -0.2) is 8.42 Å². The minimum absolute atomic E-state index is 0.0471.